The molecule has 83 valence electrons. The van der Waals surface area contributed by atoms with Crippen LogP contribution in [0, 0.1) is 0 Å². The summed E-state index contributed by atoms with van der Waals surface area (Å²) in [5.41, 5.74) is 6.59. The molecule has 2 heterocycles. The third-order valence-electron chi connectivity index (χ3n) is 2.31. The molecule has 0 saturated heterocycles. The number of furan rings is 1. The Balaban J connectivity index is 2.20. The average Bonchev–Trinajstić information content (AvgIpc) is 2.70. The van der Waals surface area contributed by atoms with Crippen molar-refractivity contribution >= 4 is 18.4 Å². The summed E-state index contributed by atoms with van der Waals surface area (Å²) >= 11 is 4.82. The van der Waals surface area contributed by atoms with E-state index < -0.39 is 0 Å². The van der Waals surface area contributed by atoms with Crippen LogP contribution in [0.25, 0.3) is 0 Å². The van der Waals surface area contributed by atoms with E-state index in [0.29, 0.717) is 12.2 Å². The lowest BCUT2D eigenvalue weighted by molar-refractivity contribution is 0.478. The molecular formula is C11H12N3OS. The number of nitrogens with zero attached hydrogens (tertiary/aromatic N) is 2. The summed E-state index contributed by atoms with van der Waals surface area (Å²) in [6.45, 7) is 2.05. The molecule has 0 amide bonds. The SMILES string of the molecule is CCc1ccc(Cc2cnc([S])nc2N)o1. The van der Waals surface area contributed by atoms with Crippen LogP contribution in [0.5, 0.6) is 0 Å². The second kappa shape index (κ2) is 4.49. The van der Waals surface area contributed by atoms with Crippen molar-refractivity contribution in [1.82, 2.24) is 9.97 Å². The van der Waals surface area contributed by atoms with Crippen LogP contribution in [0.2, 0.25) is 0 Å². The van der Waals surface area contributed by atoms with Gasteiger partial charge in [-0.15, -0.1) is 0 Å². The molecule has 0 bridgehead atoms. The summed E-state index contributed by atoms with van der Waals surface area (Å²) in [5, 5.41) is 0.273. The minimum absolute atomic E-state index is 0.273. The van der Waals surface area contributed by atoms with Crippen molar-refractivity contribution in [3.63, 3.8) is 0 Å². The van der Waals surface area contributed by atoms with Gasteiger partial charge in [-0.2, -0.15) is 0 Å². The summed E-state index contributed by atoms with van der Waals surface area (Å²) < 4.78 is 5.58. The highest BCUT2D eigenvalue weighted by molar-refractivity contribution is 7.80. The molecule has 0 aliphatic rings. The molecule has 0 atom stereocenters. The zero-order chi connectivity index (χ0) is 11.5. The predicted octanol–water partition coefficient (Wildman–Crippen LogP) is 2.36. The Morgan fingerprint density at radius 1 is 1.38 bits per heavy atom. The van der Waals surface area contributed by atoms with E-state index in [-0.39, 0.29) is 5.16 Å². The molecule has 2 aromatic rings. The number of nitrogens with two attached hydrogens (primary N) is 1. The maximum Gasteiger partial charge on any atom is 0.221 e. The fraction of sp³-hybridized carbons (Fsp3) is 0.273. The number of aryl methyl sites for hydroxylation is 1. The Hall–Kier alpha value is -1.62. The monoisotopic (exact) mass is 234 g/mol. The van der Waals surface area contributed by atoms with Crippen molar-refractivity contribution in [2.75, 3.05) is 5.73 Å². The average molecular weight is 234 g/mol. The highest BCUT2D eigenvalue weighted by Gasteiger charge is 2.07. The predicted molar refractivity (Wildman–Crippen MR) is 63.2 cm³/mol. The Bertz CT molecular complexity index is 496. The number of hydrogen-bond acceptors (Lipinski definition) is 4. The zero-order valence-corrected chi connectivity index (χ0v) is 9.75. The van der Waals surface area contributed by atoms with E-state index in [0.717, 1.165) is 23.5 Å². The lowest BCUT2D eigenvalue weighted by Gasteiger charge is -2.02. The molecular weight excluding hydrogens is 222 g/mol. The Morgan fingerprint density at radius 3 is 2.75 bits per heavy atom. The van der Waals surface area contributed by atoms with Gasteiger partial charge in [-0.25, -0.2) is 9.97 Å². The van der Waals surface area contributed by atoms with Crippen molar-refractivity contribution in [2.24, 2.45) is 0 Å². The molecule has 16 heavy (non-hydrogen) atoms. The van der Waals surface area contributed by atoms with Gasteiger partial charge in [0.2, 0.25) is 5.16 Å². The van der Waals surface area contributed by atoms with Crippen LogP contribution < -0.4 is 5.73 Å². The number of anilines is 1. The van der Waals surface area contributed by atoms with Gasteiger partial charge in [-0.05, 0) is 24.8 Å². The highest BCUT2D eigenvalue weighted by atomic mass is 32.1. The highest BCUT2D eigenvalue weighted by Crippen LogP contribution is 2.17. The molecule has 5 heteroatoms. The summed E-state index contributed by atoms with van der Waals surface area (Å²) in [6.07, 6.45) is 3.14. The summed E-state index contributed by atoms with van der Waals surface area (Å²) in [5.74, 6) is 2.26. The van der Waals surface area contributed by atoms with Crippen LogP contribution >= 0.6 is 12.6 Å². The Labute approximate surface area is 99.3 Å². The van der Waals surface area contributed by atoms with Gasteiger partial charge in [0.05, 0.1) is 0 Å². The molecule has 2 aromatic heterocycles. The molecule has 0 aliphatic carbocycles. The van der Waals surface area contributed by atoms with Crippen molar-refractivity contribution in [3.05, 3.63) is 35.4 Å². The van der Waals surface area contributed by atoms with Gasteiger partial charge >= 0.3 is 0 Å². The molecule has 2 N–H and O–H groups in total. The van der Waals surface area contributed by atoms with E-state index in [9.17, 15) is 0 Å². The molecule has 0 aromatic carbocycles. The maximum atomic E-state index is 5.75. The first-order valence-corrected chi connectivity index (χ1v) is 5.46. The van der Waals surface area contributed by atoms with Gasteiger partial charge < -0.3 is 10.2 Å². The van der Waals surface area contributed by atoms with E-state index in [1.54, 1.807) is 6.20 Å². The Kier molecular flexibility index (Phi) is 3.05. The molecule has 0 spiro atoms. The largest absolute Gasteiger partial charge is 0.466 e. The fourth-order valence-corrected chi connectivity index (χ4v) is 1.59. The van der Waals surface area contributed by atoms with Crippen LogP contribution in [-0.4, -0.2) is 9.97 Å². The minimum atomic E-state index is 0.273. The summed E-state index contributed by atoms with van der Waals surface area (Å²) in [6, 6.07) is 3.91. The van der Waals surface area contributed by atoms with Crippen molar-refractivity contribution in [3.8, 4) is 0 Å². The zero-order valence-electron chi connectivity index (χ0n) is 8.93. The van der Waals surface area contributed by atoms with Crippen molar-refractivity contribution < 1.29 is 4.42 Å². The van der Waals surface area contributed by atoms with Gasteiger partial charge in [-0.1, -0.05) is 6.92 Å². The molecule has 0 unspecified atom stereocenters. The molecule has 2 rings (SSSR count). The number of aromatic nitrogens is 2. The number of rotatable bonds is 3. The maximum absolute atomic E-state index is 5.75. The van der Waals surface area contributed by atoms with E-state index in [1.807, 2.05) is 19.1 Å². The molecule has 4 nitrogen and oxygen atoms in total. The molecule has 0 saturated carbocycles. The quantitative estimate of drug-likeness (QED) is 0.828. The van der Waals surface area contributed by atoms with E-state index in [2.05, 4.69) is 9.97 Å². The summed E-state index contributed by atoms with van der Waals surface area (Å²) in [7, 11) is 0. The standard InChI is InChI=1S/C11H12N3OS/c1-2-8-3-4-9(15-8)5-7-6-13-11(16)14-10(7)12/h3-4,6H,2,5H2,1H3,(H2,12,13,14). The van der Waals surface area contributed by atoms with E-state index in [1.165, 1.54) is 0 Å². The lowest BCUT2D eigenvalue weighted by Crippen LogP contribution is -2.00. The van der Waals surface area contributed by atoms with E-state index >= 15 is 0 Å². The second-order valence-corrected chi connectivity index (χ2v) is 3.83. The number of hydrogen-bond donors (Lipinski definition) is 1. The normalized spacial score (nSPS) is 10.6. The third kappa shape index (κ3) is 2.30. The molecule has 0 fully saturated rings. The van der Waals surface area contributed by atoms with Crippen LogP contribution in [0.15, 0.2) is 27.9 Å². The number of nitrogen functional groups attached to an aromatic ring is 1. The van der Waals surface area contributed by atoms with Gasteiger partial charge in [0, 0.05) is 24.6 Å². The van der Waals surface area contributed by atoms with Gasteiger partial charge in [0.25, 0.3) is 0 Å². The second-order valence-electron chi connectivity index (χ2n) is 3.46. The first-order chi connectivity index (χ1) is 7.69. The van der Waals surface area contributed by atoms with Crippen LogP contribution in [0.1, 0.15) is 24.0 Å². The van der Waals surface area contributed by atoms with E-state index in [4.69, 9.17) is 22.8 Å². The van der Waals surface area contributed by atoms with Crippen LogP contribution in [-0.2, 0) is 12.8 Å². The molecule has 1 radical (unpaired) electrons. The summed E-state index contributed by atoms with van der Waals surface area (Å²) in [4.78, 5) is 7.88. The Morgan fingerprint density at radius 2 is 2.12 bits per heavy atom. The van der Waals surface area contributed by atoms with Gasteiger partial charge in [0.1, 0.15) is 17.3 Å². The van der Waals surface area contributed by atoms with Crippen LogP contribution in [0.3, 0.4) is 0 Å². The van der Waals surface area contributed by atoms with Crippen molar-refractivity contribution in [1.29, 1.82) is 0 Å². The van der Waals surface area contributed by atoms with Crippen LogP contribution in [0.4, 0.5) is 5.82 Å². The first kappa shape index (κ1) is 10.9. The lowest BCUT2D eigenvalue weighted by atomic mass is 10.2. The fourth-order valence-electron chi connectivity index (χ4n) is 1.43. The first-order valence-electron chi connectivity index (χ1n) is 5.05. The topological polar surface area (TPSA) is 64.9 Å². The smallest absolute Gasteiger partial charge is 0.221 e. The van der Waals surface area contributed by atoms with Crippen molar-refractivity contribution in [2.45, 2.75) is 24.9 Å². The minimum Gasteiger partial charge on any atom is -0.466 e. The van der Waals surface area contributed by atoms with Gasteiger partial charge in [-0.3, -0.25) is 0 Å². The third-order valence-corrected chi connectivity index (χ3v) is 2.50. The molecule has 0 aliphatic heterocycles. The van der Waals surface area contributed by atoms with Gasteiger partial charge in [0.15, 0.2) is 0 Å².